The van der Waals surface area contributed by atoms with Crippen LogP contribution in [0, 0.1) is 0 Å². The number of benzene rings is 1. The van der Waals surface area contributed by atoms with Crippen LogP contribution in [0.3, 0.4) is 0 Å². The summed E-state index contributed by atoms with van der Waals surface area (Å²) in [5, 5.41) is 9.25. The van der Waals surface area contributed by atoms with Gasteiger partial charge in [-0.2, -0.15) is 4.31 Å². The van der Waals surface area contributed by atoms with Gasteiger partial charge in [-0.05, 0) is 42.9 Å². The maximum atomic E-state index is 12.9. The van der Waals surface area contributed by atoms with Gasteiger partial charge in [0.1, 0.15) is 0 Å². The minimum Gasteiger partial charge on any atom is -0.392 e. The molecule has 0 saturated heterocycles. The van der Waals surface area contributed by atoms with Crippen LogP contribution in [0.1, 0.15) is 44.2 Å². The first-order chi connectivity index (χ1) is 9.54. The van der Waals surface area contributed by atoms with E-state index in [1.165, 1.54) is 0 Å². The Morgan fingerprint density at radius 3 is 2.50 bits per heavy atom. The molecule has 0 aromatic heterocycles. The van der Waals surface area contributed by atoms with Crippen LogP contribution in [0.5, 0.6) is 0 Å². The summed E-state index contributed by atoms with van der Waals surface area (Å²) in [7, 11) is -3.45. The van der Waals surface area contributed by atoms with Crippen molar-refractivity contribution < 1.29 is 13.5 Å². The van der Waals surface area contributed by atoms with Crippen molar-refractivity contribution in [1.29, 1.82) is 0 Å². The van der Waals surface area contributed by atoms with E-state index in [0.29, 0.717) is 23.4 Å². The molecular weight excluding hydrogens is 274 g/mol. The molecule has 0 aliphatic heterocycles. The van der Waals surface area contributed by atoms with Gasteiger partial charge in [-0.25, -0.2) is 8.42 Å². The summed E-state index contributed by atoms with van der Waals surface area (Å²) in [5.74, 6) is 0. The molecule has 1 aromatic rings. The maximum absolute atomic E-state index is 12.9. The Balaban J connectivity index is 2.45. The zero-order chi connectivity index (χ0) is 14.8. The Bertz CT molecular complexity index is 564. The third kappa shape index (κ3) is 3.05. The Morgan fingerprint density at radius 1 is 1.30 bits per heavy atom. The first kappa shape index (κ1) is 15.5. The summed E-state index contributed by atoms with van der Waals surface area (Å²) in [6, 6.07) is 5.40. The van der Waals surface area contributed by atoms with Crippen LogP contribution < -0.4 is 0 Å². The van der Waals surface area contributed by atoms with Crippen molar-refractivity contribution in [3.05, 3.63) is 29.3 Å². The van der Waals surface area contributed by atoms with Crippen molar-refractivity contribution in [1.82, 2.24) is 4.31 Å². The second kappa shape index (κ2) is 6.24. The quantitative estimate of drug-likeness (QED) is 0.840. The molecule has 1 aliphatic carbocycles. The lowest BCUT2D eigenvalue weighted by Gasteiger charge is -2.23. The van der Waals surface area contributed by atoms with Gasteiger partial charge < -0.3 is 5.11 Å². The van der Waals surface area contributed by atoms with Crippen molar-refractivity contribution in [3.8, 4) is 0 Å². The minimum absolute atomic E-state index is 0.135. The summed E-state index contributed by atoms with van der Waals surface area (Å²) in [4.78, 5) is 0.368. The van der Waals surface area contributed by atoms with Crippen LogP contribution in [0.4, 0.5) is 0 Å². The van der Waals surface area contributed by atoms with Crippen LogP contribution in [-0.2, 0) is 23.1 Å². The molecule has 1 fully saturated rings. The molecular formula is C15H23NO3S. The Labute approximate surface area is 121 Å². The number of aryl methyl sites for hydroxylation is 1. The average molecular weight is 297 g/mol. The van der Waals surface area contributed by atoms with Gasteiger partial charge in [0.2, 0.25) is 10.0 Å². The SMILES string of the molecule is CCCN(C1CC1)S(=O)(=O)c1cc(CO)ccc1CC. The Kier molecular flexibility index (Phi) is 4.83. The highest BCUT2D eigenvalue weighted by Gasteiger charge is 2.38. The number of nitrogens with zero attached hydrogens (tertiary/aromatic N) is 1. The fraction of sp³-hybridized carbons (Fsp3) is 0.600. The predicted octanol–water partition coefficient (Wildman–Crippen LogP) is 2.30. The second-order valence-electron chi connectivity index (χ2n) is 5.30. The van der Waals surface area contributed by atoms with E-state index in [4.69, 9.17) is 0 Å². The molecule has 1 aromatic carbocycles. The van der Waals surface area contributed by atoms with Crippen molar-refractivity contribution in [2.45, 2.75) is 57.1 Å². The first-order valence-electron chi connectivity index (χ1n) is 7.29. The zero-order valence-electron chi connectivity index (χ0n) is 12.2. The van der Waals surface area contributed by atoms with Crippen LogP contribution >= 0.6 is 0 Å². The van der Waals surface area contributed by atoms with Crippen LogP contribution in [0.2, 0.25) is 0 Å². The number of rotatable bonds is 7. The van der Waals surface area contributed by atoms with Gasteiger partial charge in [-0.3, -0.25) is 0 Å². The van der Waals surface area contributed by atoms with E-state index in [-0.39, 0.29) is 12.6 Å². The minimum atomic E-state index is -3.45. The molecule has 112 valence electrons. The molecule has 0 heterocycles. The predicted molar refractivity (Wildman–Crippen MR) is 78.9 cm³/mol. The lowest BCUT2D eigenvalue weighted by atomic mass is 10.1. The third-order valence-electron chi connectivity index (χ3n) is 3.68. The lowest BCUT2D eigenvalue weighted by Crippen LogP contribution is -2.34. The Hall–Kier alpha value is -0.910. The maximum Gasteiger partial charge on any atom is 0.243 e. The van der Waals surface area contributed by atoms with Crippen molar-refractivity contribution in [2.75, 3.05) is 6.54 Å². The van der Waals surface area contributed by atoms with Gasteiger partial charge in [0.05, 0.1) is 11.5 Å². The topological polar surface area (TPSA) is 57.6 Å². The molecule has 1 aliphatic rings. The van der Waals surface area contributed by atoms with E-state index in [0.717, 1.165) is 24.8 Å². The molecule has 0 atom stereocenters. The smallest absolute Gasteiger partial charge is 0.243 e. The molecule has 20 heavy (non-hydrogen) atoms. The van der Waals surface area contributed by atoms with E-state index in [1.54, 1.807) is 16.4 Å². The highest BCUT2D eigenvalue weighted by Crippen LogP contribution is 2.33. The molecule has 0 radical (unpaired) electrons. The number of aliphatic hydroxyl groups is 1. The summed E-state index contributed by atoms with van der Waals surface area (Å²) in [5.41, 5.74) is 1.47. The summed E-state index contributed by atoms with van der Waals surface area (Å²) < 4.78 is 27.4. The number of aliphatic hydroxyl groups excluding tert-OH is 1. The van der Waals surface area contributed by atoms with Crippen LogP contribution in [0.15, 0.2) is 23.1 Å². The number of sulfonamides is 1. The fourth-order valence-corrected chi connectivity index (χ4v) is 4.56. The fourth-order valence-electron chi connectivity index (χ4n) is 2.44. The third-order valence-corrected chi connectivity index (χ3v) is 5.71. The monoisotopic (exact) mass is 297 g/mol. The molecule has 0 unspecified atom stereocenters. The van der Waals surface area contributed by atoms with Crippen molar-refractivity contribution in [2.24, 2.45) is 0 Å². The van der Waals surface area contributed by atoms with Crippen molar-refractivity contribution >= 4 is 10.0 Å². The van der Waals surface area contributed by atoms with Gasteiger partial charge >= 0.3 is 0 Å². The molecule has 0 amide bonds. The summed E-state index contributed by atoms with van der Waals surface area (Å²) in [6.45, 7) is 4.38. The van der Waals surface area contributed by atoms with Crippen LogP contribution in [-0.4, -0.2) is 30.4 Å². The lowest BCUT2D eigenvalue weighted by molar-refractivity contribution is 0.281. The molecule has 0 bridgehead atoms. The van der Waals surface area contributed by atoms with E-state index in [1.807, 2.05) is 19.9 Å². The van der Waals surface area contributed by atoms with Gasteiger partial charge in [0, 0.05) is 12.6 Å². The van der Waals surface area contributed by atoms with Crippen molar-refractivity contribution in [3.63, 3.8) is 0 Å². The van der Waals surface area contributed by atoms with E-state index in [9.17, 15) is 13.5 Å². The second-order valence-corrected chi connectivity index (χ2v) is 7.16. The standard InChI is InChI=1S/C15H23NO3S/c1-3-9-16(14-7-8-14)20(18,19)15-10-12(11-17)5-6-13(15)4-2/h5-6,10,14,17H,3-4,7-9,11H2,1-2H3. The van der Waals surface area contributed by atoms with E-state index >= 15 is 0 Å². The van der Waals surface area contributed by atoms with E-state index in [2.05, 4.69) is 0 Å². The van der Waals surface area contributed by atoms with Gasteiger partial charge in [-0.15, -0.1) is 0 Å². The van der Waals surface area contributed by atoms with Gasteiger partial charge in [0.15, 0.2) is 0 Å². The first-order valence-corrected chi connectivity index (χ1v) is 8.73. The average Bonchev–Trinajstić information content (AvgIpc) is 3.28. The molecule has 4 nitrogen and oxygen atoms in total. The number of hydrogen-bond acceptors (Lipinski definition) is 3. The highest BCUT2D eigenvalue weighted by atomic mass is 32.2. The Morgan fingerprint density at radius 2 is 2.00 bits per heavy atom. The normalized spacial score (nSPS) is 15.8. The molecule has 5 heteroatoms. The van der Waals surface area contributed by atoms with Gasteiger partial charge in [0.25, 0.3) is 0 Å². The molecule has 1 N–H and O–H groups in total. The molecule has 2 rings (SSSR count). The number of hydrogen-bond donors (Lipinski definition) is 1. The summed E-state index contributed by atoms with van der Waals surface area (Å²) in [6.07, 6.45) is 3.41. The van der Waals surface area contributed by atoms with Gasteiger partial charge in [-0.1, -0.05) is 26.0 Å². The molecule has 1 saturated carbocycles. The summed E-state index contributed by atoms with van der Waals surface area (Å²) >= 11 is 0. The molecule has 0 spiro atoms. The van der Waals surface area contributed by atoms with E-state index < -0.39 is 10.0 Å². The highest BCUT2D eigenvalue weighted by molar-refractivity contribution is 7.89. The largest absolute Gasteiger partial charge is 0.392 e. The van der Waals surface area contributed by atoms with Crippen LogP contribution in [0.25, 0.3) is 0 Å². The zero-order valence-corrected chi connectivity index (χ0v) is 13.0.